The number of imide groups is 3. The molecule has 8 rings (SSSR count). The number of hydrogen-bond acceptors (Lipinski definition) is 8. The topological polar surface area (TPSA) is 125 Å². The average Bonchev–Trinajstić information content (AvgIpc) is 3.56. The van der Waals surface area contributed by atoms with Crippen LogP contribution in [0.4, 0.5) is 16.2 Å². The lowest BCUT2D eigenvalue weighted by molar-refractivity contribution is -0.149. The van der Waals surface area contributed by atoms with E-state index < -0.39 is 23.9 Å². The highest BCUT2D eigenvalue weighted by Crippen LogP contribution is 2.37. The summed E-state index contributed by atoms with van der Waals surface area (Å²) in [6.45, 7) is 9.22. The van der Waals surface area contributed by atoms with Crippen LogP contribution in [0.2, 0.25) is 0 Å². The maximum atomic E-state index is 13.3. The molecule has 0 spiro atoms. The van der Waals surface area contributed by atoms with Gasteiger partial charge in [0.25, 0.3) is 11.8 Å². The molecule has 57 heavy (non-hydrogen) atoms. The second kappa shape index (κ2) is 16.3. The Kier molecular flexibility index (Phi) is 10.8. The highest BCUT2D eigenvalue weighted by molar-refractivity contribution is 6.13. The van der Waals surface area contributed by atoms with E-state index >= 15 is 0 Å². The largest absolute Gasteiger partial charge is 0.508 e. The van der Waals surface area contributed by atoms with Gasteiger partial charge in [-0.2, -0.15) is 4.90 Å². The van der Waals surface area contributed by atoms with Gasteiger partial charge >= 0.3 is 6.09 Å². The minimum atomic E-state index is -1.60. The van der Waals surface area contributed by atoms with Gasteiger partial charge in [-0.1, -0.05) is 61.5 Å². The van der Waals surface area contributed by atoms with Crippen molar-refractivity contribution in [2.24, 2.45) is 5.92 Å². The zero-order valence-corrected chi connectivity index (χ0v) is 32.3. The number of phenols is 1. The number of aromatic hydroxyl groups is 1. The molecule has 2 N–H and O–H groups in total. The van der Waals surface area contributed by atoms with E-state index in [1.165, 1.54) is 32.9 Å². The fourth-order valence-corrected chi connectivity index (χ4v) is 9.11. The molecule has 4 aromatic rings. The number of carbonyl (C=O) groups is 4. The van der Waals surface area contributed by atoms with Crippen LogP contribution in [0.15, 0.2) is 97.1 Å². The van der Waals surface area contributed by atoms with Crippen LogP contribution in [-0.4, -0.2) is 101 Å². The lowest BCUT2D eigenvalue weighted by Gasteiger charge is -2.40. The summed E-state index contributed by atoms with van der Waals surface area (Å²) < 4.78 is 0. The number of carboxylic acid groups (broad SMARTS) is 1. The number of piperidine rings is 2. The predicted molar refractivity (Wildman–Crippen MR) is 220 cm³/mol. The summed E-state index contributed by atoms with van der Waals surface area (Å²) in [4.78, 5) is 58.9. The van der Waals surface area contributed by atoms with Crippen LogP contribution in [-0.2, 0) is 16.1 Å². The molecule has 4 aliphatic heterocycles. The first-order valence-electron chi connectivity index (χ1n) is 20.1. The first-order chi connectivity index (χ1) is 27.7. The molecule has 0 unspecified atom stereocenters. The third kappa shape index (κ3) is 7.76. The van der Waals surface area contributed by atoms with Gasteiger partial charge < -0.3 is 24.9 Å². The lowest BCUT2D eigenvalue weighted by Crippen LogP contribution is -2.56. The molecular formula is C46H49N5O6. The minimum absolute atomic E-state index is 0.0937. The fourth-order valence-electron chi connectivity index (χ4n) is 9.11. The number of carbonyl (C=O) groups excluding carboxylic acids is 3. The molecule has 1 atom stereocenters. The van der Waals surface area contributed by atoms with Gasteiger partial charge in [0, 0.05) is 75.7 Å². The molecule has 3 fully saturated rings. The average molecular weight is 768 g/mol. The Bertz CT molecular complexity index is 2170. The maximum absolute atomic E-state index is 13.3. The van der Waals surface area contributed by atoms with Gasteiger partial charge in [0.15, 0.2) is 0 Å². The zero-order chi connectivity index (χ0) is 39.6. The van der Waals surface area contributed by atoms with Crippen LogP contribution in [0.5, 0.6) is 5.75 Å². The number of anilines is 2. The van der Waals surface area contributed by atoms with Crippen LogP contribution >= 0.6 is 0 Å². The highest BCUT2D eigenvalue weighted by Gasteiger charge is 2.45. The summed E-state index contributed by atoms with van der Waals surface area (Å²) in [5, 5.41) is 19.4. The zero-order valence-electron chi connectivity index (χ0n) is 32.3. The van der Waals surface area contributed by atoms with E-state index in [0.717, 1.165) is 81.9 Å². The van der Waals surface area contributed by atoms with Crippen molar-refractivity contribution in [3.63, 3.8) is 0 Å². The van der Waals surface area contributed by atoms with Crippen LogP contribution in [0.1, 0.15) is 71.6 Å². The molecule has 0 aromatic heterocycles. The van der Waals surface area contributed by atoms with Crippen LogP contribution in [0, 0.1) is 5.92 Å². The maximum Gasteiger partial charge on any atom is 0.421 e. The number of rotatable bonds is 9. The number of likely N-dealkylation sites (tertiary alicyclic amines) is 1. The number of fused-ring (bicyclic) bond motifs is 1. The first kappa shape index (κ1) is 38.0. The third-order valence-corrected chi connectivity index (χ3v) is 12.2. The van der Waals surface area contributed by atoms with Crippen molar-refractivity contribution in [2.45, 2.75) is 51.6 Å². The quantitative estimate of drug-likeness (QED) is 0.138. The molecule has 0 saturated carbocycles. The predicted octanol–water partition coefficient (Wildman–Crippen LogP) is 6.95. The van der Waals surface area contributed by atoms with Gasteiger partial charge in [-0.05, 0) is 107 Å². The van der Waals surface area contributed by atoms with Crippen molar-refractivity contribution >= 4 is 46.3 Å². The van der Waals surface area contributed by atoms with E-state index in [0.29, 0.717) is 11.5 Å². The van der Waals surface area contributed by atoms with Gasteiger partial charge in [0.2, 0.25) is 5.91 Å². The highest BCUT2D eigenvalue weighted by atomic mass is 16.4. The number of phenolic OH excluding ortho intramolecular Hbond substituents is 1. The number of hydrogen-bond donors (Lipinski definition) is 2. The molecule has 11 heteroatoms. The van der Waals surface area contributed by atoms with Gasteiger partial charge in [-0.15, -0.1) is 0 Å². The van der Waals surface area contributed by atoms with Crippen molar-refractivity contribution in [2.75, 3.05) is 55.6 Å². The summed E-state index contributed by atoms with van der Waals surface area (Å²) >= 11 is 0. The summed E-state index contributed by atoms with van der Waals surface area (Å²) in [6.07, 6.45) is 1.60. The Hall–Kier alpha value is -5.94. The smallest absolute Gasteiger partial charge is 0.421 e. The molecular weight excluding hydrogens is 719 g/mol. The second-order valence-corrected chi connectivity index (χ2v) is 15.6. The number of nitrogens with zero attached hydrogens (tertiary/aromatic N) is 5. The van der Waals surface area contributed by atoms with Crippen molar-refractivity contribution in [3.05, 3.63) is 125 Å². The van der Waals surface area contributed by atoms with Crippen molar-refractivity contribution in [1.29, 1.82) is 0 Å². The molecule has 0 bridgehead atoms. The summed E-state index contributed by atoms with van der Waals surface area (Å²) in [6, 6.07) is 31.9. The van der Waals surface area contributed by atoms with E-state index in [1.807, 2.05) is 36.4 Å². The molecule has 4 aromatic carbocycles. The number of benzene rings is 4. The van der Waals surface area contributed by atoms with Gasteiger partial charge in [-0.3, -0.25) is 19.3 Å². The molecule has 294 valence electrons. The molecule has 3 saturated heterocycles. The Morgan fingerprint density at radius 2 is 1.35 bits per heavy atom. The van der Waals surface area contributed by atoms with E-state index in [1.54, 1.807) is 12.1 Å². The monoisotopic (exact) mass is 767 g/mol. The van der Waals surface area contributed by atoms with E-state index in [4.69, 9.17) is 0 Å². The van der Waals surface area contributed by atoms with Crippen molar-refractivity contribution in [3.8, 4) is 5.75 Å². The normalized spacial score (nSPS) is 19.9. The third-order valence-electron chi connectivity index (χ3n) is 12.2. The minimum Gasteiger partial charge on any atom is -0.508 e. The van der Waals surface area contributed by atoms with Gasteiger partial charge in [0.1, 0.15) is 11.8 Å². The molecule has 0 radical (unpaired) electrons. The van der Waals surface area contributed by atoms with Crippen LogP contribution < -0.4 is 9.80 Å². The summed E-state index contributed by atoms with van der Waals surface area (Å²) in [7, 11) is 0. The Morgan fingerprint density at radius 3 is 2.00 bits per heavy atom. The second-order valence-electron chi connectivity index (χ2n) is 15.6. The van der Waals surface area contributed by atoms with Crippen molar-refractivity contribution < 1.29 is 29.4 Å². The Balaban J connectivity index is 0.848. The standard InChI is InChI=1S/C46H49N5O6/c1-2-39(32-6-4-3-5-7-32)43(34-10-15-38(52)16-11-34)33-8-12-36(13-9-33)48-22-20-31(21-23-48)29-47-24-26-49(27-25-47)37-14-17-40-35(28-37)30-50(44(40)54)41-18-19-42(53)51(45(41)55)46(56)57/h3-17,28,31,41,52H,2,18-27,29-30H2,1H3,(H,56,57)/t41-/m0/s1. The lowest BCUT2D eigenvalue weighted by atomic mass is 9.88. The van der Waals surface area contributed by atoms with Crippen LogP contribution in [0.3, 0.4) is 0 Å². The molecule has 4 aliphatic rings. The first-order valence-corrected chi connectivity index (χ1v) is 20.1. The van der Waals surface area contributed by atoms with Gasteiger partial charge in [0.05, 0.1) is 0 Å². The van der Waals surface area contributed by atoms with Crippen LogP contribution in [0.25, 0.3) is 11.1 Å². The molecule has 4 heterocycles. The summed E-state index contributed by atoms with van der Waals surface area (Å²) in [5.41, 5.74) is 9.55. The molecule has 0 aliphatic carbocycles. The van der Waals surface area contributed by atoms with Gasteiger partial charge in [-0.25, -0.2) is 4.79 Å². The van der Waals surface area contributed by atoms with E-state index in [9.17, 15) is 29.4 Å². The Morgan fingerprint density at radius 1 is 0.719 bits per heavy atom. The fraction of sp³-hybridized carbons (Fsp3) is 0.348. The number of amides is 4. The van der Waals surface area contributed by atoms with Crippen molar-refractivity contribution in [1.82, 2.24) is 14.7 Å². The molecule has 11 nitrogen and oxygen atoms in total. The van der Waals surface area contributed by atoms with E-state index in [2.05, 4.69) is 70.2 Å². The molecule has 4 amide bonds. The summed E-state index contributed by atoms with van der Waals surface area (Å²) in [5.74, 6) is -1.00. The van der Waals surface area contributed by atoms with E-state index in [-0.39, 0.29) is 35.9 Å². The number of piperazine rings is 1. The Labute approximate surface area is 333 Å². The number of allylic oxidation sites excluding steroid dienone is 1. The SMILES string of the molecule is CCC(=C(c1ccc(O)cc1)c1ccc(N2CCC(CN3CCN(c4ccc5c(c4)CN([C@H]4CCC(=O)N(C(=O)O)C4=O)C5=O)CC3)CC2)cc1)c1ccccc1.